The highest BCUT2D eigenvalue weighted by atomic mass is 79.9. The first-order valence-corrected chi connectivity index (χ1v) is 11.1. The van der Waals surface area contributed by atoms with E-state index in [9.17, 15) is 0 Å². The standard InChI is InChI=1S/C25H25BrNO2.BrH/c26-20-8-10-22-23-11-9-21(17-25(23)29-24(22)16-20)28-15-14-27(12-4-5-13-27)18-19-6-2-1-3-7-19;/h1-3,6-11,16-17H,4-5,12-15,18H2;1H/q+1;/p-1. The van der Waals surface area contributed by atoms with Gasteiger partial charge in [-0.15, -0.1) is 0 Å². The molecule has 0 N–H and O–H groups in total. The second kappa shape index (κ2) is 9.13. The summed E-state index contributed by atoms with van der Waals surface area (Å²) in [6, 6.07) is 23.2. The van der Waals surface area contributed by atoms with E-state index in [1.807, 2.05) is 18.2 Å². The molecule has 0 amide bonds. The average Bonchev–Trinajstić information content (AvgIpc) is 3.32. The van der Waals surface area contributed by atoms with Crippen molar-refractivity contribution in [2.45, 2.75) is 19.4 Å². The van der Waals surface area contributed by atoms with Gasteiger partial charge in [0, 0.05) is 39.7 Å². The van der Waals surface area contributed by atoms with E-state index >= 15 is 0 Å². The molecule has 1 aromatic heterocycles. The minimum Gasteiger partial charge on any atom is -1.00 e. The van der Waals surface area contributed by atoms with Gasteiger partial charge < -0.3 is 30.6 Å². The normalized spacial score (nSPS) is 15.4. The monoisotopic (exact) mass is 529 g/mol. The van der Waals surface area contributed by atoms with Gasteiger partial charge in [0.25, 0.3) is 0 Å². The smallest absolute Gasteiger partial charge is 0.139 e. The number of likely N-dealkylation sites (tertiary alicyclic amines) is 1. The van der Waals surface area contributed by atoms with Crippen molar-refractivity contribution in [2.75, 3.05) is 26.2 Å². The van der Waals surface area contributed by atoms with E-state index in [4.69, 9.17) is 9.15 Å². The second-order valence-corrected chi connectivity index (χ2v) is 9.03. The molecule has 156 valence electrons. The van der Waals surface area contributed by atoms with Crippen molar-refractivity contribution in [3.63, 3.8) is 0 Å². The number of furan rings is 1. The van der Waals surface area contributed by atoms with Crippen LogP contribution in [-0.2, 0) is 6.54 Å². The molecule has 0 bridgehead atoms. The molecule has 0 aliphatic carbocycles. The predicted molar refractivity (Wildman–Crippen MR) is 121 cm³/mol. The maximum absolute atomic E-state index is 6.17. The minimum atomic E-state index is 0. The topological polar surface area (TPSA) is 22.4 Å². The van der Waals surface area contributed by atoms with E-state index < -0.39 is 0 Å². The SMILES string of the molecule is Brc1ccc2c(c1)oc1cc(OCC[N+]3(Cc4ccccc4)CCCC3)ccc12.[Br-]. The van der Waals surface area contributed by atoms with Crippen LogP contribution in [0.5, 0.6) is 5.75 Å². The molecule has 0 atom stereocenters. The van der Waals surface area contributed by atoms with E-state index in [0.717, 1.165) is 56.3 Å². The largest absolute Gasteiger partial charge is 1.00 e. The van der Waals surface area contributed by atoms with Crippen molar-refractivity contribution >= 4 is 37.9 Å². The Balaban J connectivity index is 0.00000218. The number of rotatable bonds is 6. The molecule has 1 saturated heterocycles. The van der Waals surface area contributed by atoms with Crippen LogP contribution >= 0.6 is 15.9 Å². The van der Waals surface area contributed by atoms with Gasteiger partial charge in [0.2, 0.25) is 0 Å². The zero-order valence-electron chi connectivity index (χ0n) is 16.8. The first kappa shape index (κ1) is 21.4. The molecule has 0 radical (unpaired) electrons. The third-order valence-electron chi connectivity index (χ3n) is 6.12. The number of halogens is 2. The highest BCUT2D eigenvalue weighted by molar-refractivity contribution is 9.10. The van der Waals surface area contributed by atoms with Gasteiger partial charge in [-0.05, 0) is 30.3 Å². The Kier molecular flexibility index (Phi) is 6.51. The van der Waals surface area contributed by atoms with Crippen LogP contribution in [0.1, 0.15) is 18.4 Å². The predicted octanol–water partition coefficient (Wildman–Crippen LogP) is 3.54. The number of benzene rings is 3. The van der Waals surface area contributed by atoms with Gasteiger partial charge in [-0.2, -0.15) is 0 Å². The highest BCUT2D eigenvalue weighted by Gasteiger charge is 2.32. The molecule has 30 heavy (non-hydrogen) atoms. The summed E-state index contributed by atoms with van der Waals surface area (Å²) in [5.74, 6) is 0.882. The number of nitrogens with zero attached hydrogens (tertiary/aromatic N) is 1. The maximum Gasteiger partial charge on any atom is 0.139 e. The first-order valence-electron chi connectivity index (χ1n) is 10.3. The molecule has 1 fully saturated rings. The molecular weight excluding hydrogens is 506 g/mol. The summed E-state index contributed by atoms with van der Waals surface area (Å²) in [6.07, 6.45) is 2.63. The molecule has 3 aromatic carbocycles. The third-order valence-corrected chi connectivity index (χ3v) is 6.61. The molecule has 1 aliphatic rings. The first-order chi connectivity index (χ1) is 14.2. The Bertz CT molecular complexity index is 1130. The molecule has 0 saturated carbocycles. The molecule has 0 spiro atoms. The minimum absolute atomic E-state index is 0. The highest BCUT2D eigenvalue weighted by Crippen LogP contribution is 2.33. The summed E-state index contributed by atoms with van der Waals surface area (Å²) < 4.78 is 14.4. The molecule has 0 unspecified atom stereocenters. The fraction of sp³-hybridized carbons (Fsp3) is 0.280. The van der Waals surface area contributed by atoms with Gasteiger partial charge in [0.15, 0.2) is 0 Å². The number of quaternary nitrogens is 1. The third kappa shape index (κ3) is 4.43. The fourth-order valence-electron chi connectivity index (χ4n) is 4.62. The lowest BCUT2D eigenvalue weighted by atomic mass is 10.1. The van der Waals surface area contributed by atoms with Gasteiger partial charge >= 0.3 is 0 Å². The lowest BCUT2D eigenvalue weighted by Crippen LogP contribution is -3.00. The van der Waals surface area contributed by atoms with E-state index in [0.29, 0.717) is 0 Å². The van der Waals surface area contributed by atoms with Crippen LogP contribution in [0.4, 0.5) is 0 Å². The van der Waals surface area contributed by atoms with E-state index in [1.54, 1.807) is 0 Å². The molecule has 3 nitrogen and oxygen atoms in total. The van der Waals surface area contributed by atoms with Gasteiger partial charge in [-0.25, -0.2) is 0 Å². The van der Waals surface area contributed by atoms with E-state index in [2.05, 4.69) is 64.5 Å². The molecule has 1 aliphatic heterocycles. The van der Waals surface area contributed by atoms with Gasteiger partial charge in [-0.3, -0.25) is 0 Å². The summed E-state index contributed by atoms with van der Waals surface area (Å²) in [5.41, 5.74) is 3.20. The van der Waals surface area contributed by atoms with E-state index in [-0.39, 0.29) is 17.0 Å². The number of fused-ring (bicyclic) bond motifs is 3. The summed E-state index contributed by atoms with van der Waals surface area (Å²) in [4.78, 5) is 0. The Morgan fingerprint density at radius 1 is 0.867 bits per heavy atom. The number of ether oxygens (including phenoxy) is 1. The Morgan fingerprint density at radius 2 is 1.57 bits per heavy atom. The van der Waals surface area contributed by atoms with Crippen molar-refractivity contribution < 1.29 is 30.6 Å². The molecule has 5 heteroatoms. The summed E-state index contributed by atoms with van der Waals surface area (Å²) >= 11 is 3.51. The van der Waals surface area contributed by atoms with Crippen LogP contribution in [0.25, 0.3) is 21.9 Å². The van der Waals surface area contributed by atoms with Crippen LogP contribution in [0.2, 0.25) is 0 Å². The Morgan fingerprint density at radius 3 is 2.33 bits per heavy atom. The van der Waals surface area contributed by atoms with Crippen LogP contribution in [0.15, 0.2) is 75.6 Å². The van der Waals surface area contributed by atoms with Crippen LogP contribution in [-0.4, -0.2) is 30.7 Å². The zero-order chi connectivity index (χ0) is 19.7. The van der Waals surface area contributed by atoms with Crippen LogP contribution < -0.4 is 21.7 Å². The quantitative estimate of drug-likeness (QED) is 0.356. The Hall–Kier alpha value is -1.82. The zero-order valence-corrected chi connectivity index (χ0v) is 20.0. The second-order valence-electron chi connectivity index (χ2n) is 8.11. The lowest BCUT2D eigenvalue weighted by Gasteiger charge is -2.34. The molecule has 5 rings (SSSR count). The van der Waals surface area contributed by atoms with E-state index in [1.165, 1.54) is 31.5 Å². The summed E-state index contributed by atoms with van der Waals surface area (Å²) in [5, 5.41) is 2.27. The average molecular weight is 531 g/mol. The maximum atomic E-state index is 6.17. The number of hydrogen-bond acceptors (Lipinski definition) is 2. The fourth-order valence-corrected chi connectivity index (χ4v) is 4.96. The van der Waals surface area contributed by atoms with Crippen molar-refractivity contribution in [1.29, 1.82) is 0 Å². The van der Waals surface area contributed by atoms with Crippen molar-refractivity contribution in [3.05, 3.63) is 76.8 Å². The van der Waals surface area contributed by atoms with Gasteiger partial charge in [0.05, 0.1) is 13.1 Å². The van der Waals surface area contributed by atoms with Crippen molar-refractivity contribution in [1.82, 2.24) is 0 Å². The summed E-state index contributed by atoms with van der Waals surface area (Å²) in [7, 11) is 0. The lowest BCUT2D eigenvalue weighted by molar-refractivity contribution is -0.929. The van der Waals surface area contributed by atoms with Crippen LogP contribution in [0, 0.1) is 0 Å². The van der Waals surface area contributed by atoms with Gasteiger partial charge in [-0.1, -0.05) is 46.3 Å². The Labute approximate surface area is 196 Å². The molecule has 4 aromatic rings. The van der Waals surface area contributed by atoms with Crippen molar-refractivity contribution in [3.8, 4) is 5.75 Å². The summed E-state index contributed by atoms with van der Waals surface area (Å²) in [6.45, 7) is 5.36. The number of hydrogen-bond donors (Lipinski definition) is 0. The van der Waals surface area contributed by atoms with Crippen molar-refractivity contribution in [2.24, 2.45) is 0 Å². The van der Waals surface area contributed by atoms with Gasteiger partial charge in [0.1, 0.15) is 36.6 Å². The molecular formula is C25H25Br2NO2. The van der Waals surface area contributed by atoms with Crippen LogP contribution in [0.3, 0.4) is 0 Å². The molecule has 2 heterocycles.